The highest BCUT2D eigenvalue weighted by Crippen LogP contribution is 2.42. The lowest BCUT2D eigenvalue weighted by Gasteiger charge is -2.23. The normalized spacial score (nSPS) is 24.0. The summed E-state index contributed by atoms with van der Waals surface area (Å²) in [5.74, 6) is -0.543. The minimum atomic E-state index is -0.756. The van der Waals surface area contributed by atoms with Crippen LogP contribution in [0.15, 0.2) is 30.5 Å². The molecule has 0 bridgehead atoms. The molecule has 2 aliphatic heterocycles. The third-order valence-corrected chi connectivity index (χ3v) is 4.99. The molecule has 2 aromatic rings. The van der Waals surface area contributed by atoms with Crippen LogP contribution in [-0.2, 0) is 14.3 Å². The van der Waals surface area contributed by atoms with E-state index in [0.717, 1.165) is 0 Å². The van der Waals surface area contributed by atoms with Gasteiger partial charge in [-0.2, -0.15) is 5.10 Å². The molecule has 0 aromatic carbocycles. The molecule has 0 saturated carbocycles. The maximum Gasteiger partial charge on any atom is 0.316 e. The van der Waals surface area contributed by atoms with E-state index in [9.17, 15) is 9.59 Å². The first-order chi connectivity index (χ1) is 12.1. The number of aromatic amines is 1. The zero-order valence-electron chi connectivity index (χ0n) is 14.2. The van der Waals surface area contributed by atoms with E-state index >= 15 is 0 Å². The SMILES string of the molecule is COC(=O)[C@@]12COC[C@@H]1CN(C(=O)c1cc(-c3ccccn3)n[nH]1)C2.Cl. The molecule has 8 nitrogen and oxygen atoms in total. The molecule has 4 heterocycles. The van der Waals surface area contributed by atoms with Gasteiger partial charge < -0.3 is 14.4 Å². The molecular formula is C17H19ClN4O4. The lowest BCUT2D eigenvalue weighted by atomic mass is 9.81. The largest absolute Gasteiger partial charge is 0.468 e. The maximum absolute atomic E-state index is 12.8. The zero-order valence-corrected chi connectivity index (χ0v) is 15.0. The smallest absolute Gasteiger partial charge is 0.316 e. The first-order valence-corrected chi connectivity index (χ1v) is 8.06. The second-order valence-electron chi connectivity index (χ2n) is 6.43. The van der Waals surface area contributed by atoms with Gasteiger partial charge in [-0.05, 0) is 18.2 Å². The molecule has 2 saturated heterocycles. The predicted molar refractivity (Wildman–Crippen MR) is 93.7 cm³/mol. The lowest BCUT2D eigenvalue weighted by molar-refractivity contribution is -0.153. The van der Waals surface area contributed by atoms with E-state index in [0.29, 0.717) is 36.8 Å². The van der Waals surface area contributed by atoms with Crippen molar-refractivity contribution in [1.29, 1.82) is 0 Å². The number of ether oxygens (including phenoxy) is 2. The number of esters is 1. The van der Waals surface area contributed by atoms with E-state index in [1.807, 2.05) is 18.2 Å². The molecule has 138 valence electrons. The summed E-state index contributed by atoms with van der Waals surface area (Å²) < 4.78 is 10.4. The lowest BCUT2D eigenvalue weighted by Crippen LogP contribution is -2.41. The molecule has 1 amide bonds. The first-order valence-electron chi connectivity index (χ1n) is 8.06. The van der Waals surface area contributed by atoms with Crippen molar-refractivity contribution in [3.8, 4) is 11.4 Å². The van der Waals surface area contributed by atoms with Crippen LogP contribution in [0.1, 0.15) is 10.5 Å². The van der Waals surface area contributed by atoms with Gasteiger partial charge in [0.05, 0.1) is 26.0 Å². The Bertz CT molecular complexity index is 812. The summed E-state index contributed by atoms with van der Waals surface area (Å²) in [6.45, 7) is 1.50. The number of aromatic nitrogens is 3. The highest BCUT2D eigenvalue weighted by atomic mass is 35.5. The van der Waals surface area contributed by atoms with Crippen LogP contribution in [0.2, 0.25) is 0 Å². The van der Waals surface area contributed by atoms with Crippen molar-refractivity contribution < 1.29 is 19.1 Å². The molecule has 26 heavy (non-hydrogen) atoms. The third-order valence-electron chi connectivity index (χ3n) is 4.99. The Morgan fingerprint density at radius 1 is 1.38 bits per heavy atom. The van der Waals surface area contributed by atoms with Gasteiger partial charge in [-0.15, -0.1) is 12.4 Å². The molecule has 9 heteroatoms. The Morgan fingerprint density at radius 3 is 2.96 bits per heavy atom. The first kappa shape index (κ1) is 18.3. The van der Waals surface area contributed by atoms with Crippen molar-refractivity contribution in [3.05, 3.63) is 36.2 Å². The number of likely N-dealkylation sites (tertiary alicyclic amines) is 1. The monoisotopic (exact) mass is 378 g/mol. The molecule has 0 spiro atoms. The second-order valence-corrected chi connectivity index (χ2v) is 6.43. The summed E-state index contributed by atoms with van der Waals surface area (Å²) in [5.41, 5.74) is 0.917. The van der Waals surface area contributed by atoms with Gasteiger partial charge in [-0.25, -0.2) is 0 Å². The second kappa shape index (κ2) is 7.05. The summed E-state index contributed by atoms with van der Waals surface area (Å²) in [6, 6.07) is 7.19. The molecule has 0 unspecified atom stereocenters. The van der Waals surface area contributed by atoms with E-state index in [1.165, 1.54) is 7.11 Å². The minimum Gasteiger partial charge on any atom is -0.468 e. The highest BCUT2D eigenvalue weighted by molar-refractivity contribution is 5.94. The van der Waals surface area contributed by atoms with Crippen LogP contribution >= 0.6 is 12.4 Å². The number of pyridine rings is 1. The number of halogens is 1. The summed E-state index contributed by atoms with van der Waals surface area (Å²) in [5, 5.41) is 6.94. The highest BCUT2D eigenvalue weighted by Gasteiger charge is 2.57. The van der Waals surface area contributed by atoms with Crippen LogP contribution in [0.4, 0.5) is 0 Å². The number of rotatable bonds is 3. The van der Waals surface area contributed by atoms with E-state index < -0.39 is 5.41 Å². The Balaban J connectivity index is 0.00000196. The van der Waals surface area contributed by atoms with Crippen molar-refractivity contribution in [1.82, 2.24) is 20.1 Å². The average Bonchev–Trinajstić information content (AvgIpc) is 3.35. The fourth-order valence-electron chi connectivity index (χ4n) is 3.63. The zero-order chi connectivity index (χ0) is 17.4. The summed E-state index contributed by atoms with van der Waals surface area (Å²) >= 11 is 0. The number of methoxy groups -OCH3 is 1. The van der Waals surface area contributed by atoms with Gasteiger partial charge in [-0.3, -0.25) is 19.7 Å². The molecular weight excluding hydrogens is 360 g/mol. The Kier molecular flexibility index (Phi) is 4.97. The van der Waals surface area contributed by atoms with Crippen LogP contribution < -0.4 is 0 Å². The van der Waals surface area contributed by atoms with Crippen LogP contribution in [0.3, 0.4) is 0 Å². The Hall–Kier alpha value is -2.45. The molecule has 2 fully saturated rings. The van der Waals surface area contributed by atoms with Gasteiger partial charge in [-0.1, -0.05) is 6.07 Å². The van der Waals surface area contributed by atoms with Crippen LogP contribution in [0.25, 0.3) is 11.4 Å². The average molecular weight is 379 g/mol. The topological polar surface area (TPSA) is 97.4 Å². The minimum absolute atomic E-state index is 0. The maximum atomic E-state index is 12.8. The molecule has 0 aliphatic carbocycles. The number of nitrogens with zero attached hydrogens (tertiary/aromatic N) is 3. The summed E-state index contributed by atoms with van der Waals surface area (Å²) in [7, 11) is 1.37. The quantitative estimate of drug-likeness (QED) is 0.805. The van der Waals surface area contributed by atoms with Gasteiger partial charge >= 0.3 is 5.97 Å². The Morgan fingerprint density at radius 2 is 2.23 bits per heavy atom. The van der Waals surface area contributed by atoms with Crippen molar-refractivity contribution >= 4 is 24.3 Å². The summed E-state index contributed by atoms with van der Waals surface area (Å²) in [6.07, 6.45) is 1.67. The van der Waals surface area contributed by atoms with Gasteiger partial charge in [0.1, 0.15) is 16.8 Å². The van der Waals surface area contributed by atoms with Gasteiger partial charge in [0.2, 0.25) is 0 Å². The van der Waals surface area contributed by atoms with E-state index in [-0.39, 0.29) is 36.8 Å². The Labute approximate surface area is 156 Å². The fraction of sp³-hybridized carbons (Fsp3) is 0.412. The van der Waals surface area contributed by atoms with Crippen LogP contribution in [0.5, 0.6) is 0 Å². The molecule has 2 aromatic heterocycles. The van der Waals surface area contributed by atoms with E-state index in [1.54, 1.807) is 17.2 Å². The van der Waals surface area contributed by atoms with E-state index in [4.69, 9.17) is 9.47 Å². The number of hydrogen-bond donors (Lipinski definition) is 1. The number of carbonyl (C=O) groups excluding carboxylic acids is 2. The van der Waals surface area contributed by atoms with Crippen LogP contribution in [-0.4, -0.2) is 65.4 Å². The van der Waals surface area contributed by atoms with Gasteiger partial charge in [0.25, 0.3) is 5.91 Å². The number of carbonyl (C=O) groups is 2. The van der Waals surface area contributed by atoms with Crippen LogP contribution in [0, 0.1) is 11.3 Å². The van der Waals surface area contributed by atoms with Crippen molar-refractivity contribution in [2.45, 2.75) is 0 Å². The number of hydrogen-bond acceptors (Lipinski definition) is 6. The fourth-order valence-corrected chi connectivity index (χ4v) is 3.63. The number of nitrogens with one attached hydrogen (secondary N) is 1. The third kappa shape index (κ3) is 2.85. The van der Waals surface area contributed by atoms with Gasteiger partial charge in [0.15, 0.2) is 0 Å². The van der Waals surface area contributed by atoms with Crippen molar-refractivity contribution in [2.75, 3.05) is 33.4 Å². The van der Waals surface area contributed by atoms with Crippen molar-refractivity contribution in [2.24, 2.45) is 11.3 Å². The molecule has 0 radical (unpaired) electrons. The molecule has 2 aliphatic rings. The predicted octanol–water partition coefficient (Wildman–Crippen LogP) is 1.16. The molecule has 4 rings (SSSR count). The molecule has 2 atom stereocenters. The number of amides is 1. The van der Waals surface area contributed by atoms with Crippen molar-refractivity contribution in [3.63, 3.8) is 0 Å². The number of fused-ring (bicyclic) bond motifs is 1. The van der Waals surface area contributed by atoms with E-state index in [2.05, 4.69) is 15.2 Å². The molecule has 1 N–H and O–H groups in total. The standard InChI is InChI=1S/C17H18N4O4.ClH/c1-24-16(23)17-9-21(7-11(17)8-25-10-17)15(22)14-6-13(19-20-14)12-4-2-3-5-18-12;/h2-6,11H,7-10H2,1H3,(H,19,20);1H/t11-,17-;/m0./s1. The number of H-pyrrole nitrogens is 1. The summed E-state index contributed by atoms with van der Waals surface area (Å²) in [4.78, 5) is 31.0. The van der Waals surface area contributed by atoms with Gasteiger partial charge in [0, 0.05) is 25.2 Å².